The lowest BCUT2D eigenvalue weighted by atomic mass is 9.97. The first-order valence-corrected chi connectivity index (χ1v) is 10.2. The first kappa shape index (κ1) is 20.3. The molecule has 0 fully saturated rings. The lowest BCUT2D eigenvalue weighted by Crippen LogP contribution is -2.24. The number of amides is 2. The third kappa shape index (κ3) is 4.46. The topological polar surface area (TPSA) is 113 Å². The quantitative estimate of drug-likeness (QED) is 0.398. The van der Waals surface area contributed by atoms with Crippen molar-refractivity contribution < 1.29 is 19.1 Å². The predicted octanol–water partition coefficient (Wildman–Crippen LogP) is 3.96. The van der Waals surface area contributed by atoms with Gasteiger partial charge in [-0.3, -0.25) is 14.9 Å². The standard InChI is InChI=1S/C22H18N4O4S/c1-30-22(29)26-21-24-17-9-8-13(11-18(17)25-21)19(27)15-6-2-3-7-16(15)20(28)23-12-14-5-4-10-31-14/h2-11H,12H2,1H3,(H,23,28)(H2,24,25,26,29). The molecule has 9 heteroatoms. The minimum Gasteiger partial charge on any atom is -0.453 e. The molecule has 156 valence electrons. The maximum Gasteiger partial charge on any atom is 0.413 e. The molecule has 0 unspecified atom stereocenters. The average Bonchev–Trinajstić information content (AvgIpc) is 3.45. The number of hydrogen-bond donors (Lipinski definition) is 3. The van der Waals surface area contributed by atoms with E-state index in [-0.39, 0.29) is 17.6 Å². The molecule has 2 heterocycles. The highest BCUT2D eigenvalue weighted by Crippen LogP contribution is 2.20. The Labute approximate surface area is 181 Å². The van der Waals surface area contributed by atoms with Gasteiger partial charge in [-0.05, 0) is 35.7 Å². The summed E-state index contributed by atoms with van der Waals surface area (Å²) in [5.74, 6) is -0.398. The fourth-order valence-corrected chi connectivity index (χ4v) is 3.71. The summed E-state index contributed by atoms with van der Waals surface area (Å²) in [5.41, 5.74) is 2.14. The van der Waals surface area contributed by atoms with Crippen LogP contribution in [0.1, 0.15) is 31.2 Å². The molecule has 0 spiro atoms. The van der Waals surface area contributed by atoms with E-state index in [4.69, 9.17) is 0 Å². The van der Waals surface area contributed by atoms with E-state index in [1.807, 2.05) is 17.5 Å². The summed E-state index contributed by atoms with van der Waals surface area (Å²) in [6.45, 7) is 0.398. The minimum atomic E-state index is -0.655. The molecule has 0 bridgehead atoms. The summed E-state index contributed by atoms with van der Waals surface area (Å²) < 4.78 is 4.55. The number of imidazole rings is 1. The van der Waals surface area contributed by atoms with Gasteiger partial charge in [-0.2, -0.15) is 0 Å². The molecule has 0 aliphatic carbocycles. The van der Waals surface area contributed by atoms with Crippen molar-refractivity contribution in [2.75, 3.05) is 12.4 Å². The summed E-state index contributed by atoms with van der Waals surface area (Å²) in [6.07, 6.45) is -0.655. The smallest absolute Gasteiger partial charge is 0.413 e. The second kappa shape index (κ2) is 8.80. The number of aromatic nitrogens is 2. The van der Waals surface area contributed by atoms with Crippen molar-refractivity contribution in [1.82, 2.24) is 15.3 Å². The van der Waals surface area contributed by atoms with Crippen LogP contribution >= 0.6 is 11.3 Å². The average molecular weight is 434 g/mol. The normalized spacial score (nSPS) is 10.6. The Bertz CT molecular complexity index is 1260. The van der Waals surface area contributed by atoms with Gasteiger partial charge in [0.25, 0.3) is 5.91 Å². The van der Waals surface area contributed by atoms with Gasteiger partial charge in [0.1, 0.15) is 0 Å². The number of aromatic amines is 1. The zero-order chi connectivity index (χ0) is 21.8. The van der Waals surface area contributed by atoms with Crippen molar-refractivity contribution in [2.24, 2.45) is 0 Å². The highest BCUT2D eigenvalue weighted by Gasteiger charge is 2.19. The molecular formula is C22H18N4O4S. The Morgan fingerprint density at radius 3 is 2.61 bits per heavy atom. The van der Waals surface area contributed by atoms with Gasteiger partial charge >= 0.3 is 6.09 Å². The number of thiophene rings is 1. The number of methoxy groups -OCH3 is 1. The second-order valence-electron chi connectivity index (χ2n) is 6.57. The van der Waals surface area contributed by atoms with E-state index in [2.05, 4.69) is 25.3 Å². The highest BCUT2D eigenvalue weighted by atomic mass is 32.1. The number of rotatable bonds is 6. The molecule has 2 amide bonds. The molecule has 0 saturated carbocycles. The van der Waals surface area contributed by atoms with E-state index in [1.54, 1.807) is 53.8 Å². The van der Waals surface area contributed by atoms with Crippen LogP contribution in [0.2, 0.25) is 0 Å². The molecule has 0 saturated heterocycles. The number of ether oxygens (including phenoxy) is 1. The lowest BCUT2D eigenvalue weighted by molar-refractivity contribution is 0.0940. The SMILES string of the molecule is COC(=O)Nc1nc2ccc(C(=O)c3ccccc3C(=O)NCc3cccs3)cc2[nH]1. The summed E-state index contributed by atoms with van der Waals surface area (Å²) >= 11 is 1.55. The van der Waals surface area contributed by atoms with Gasteiger partial charge in [0.05, 0.1) is 30.3 Å². The molecule has 2 aromatic carbocycles. The highest BCUT2D eigenvalue weighted by molar-refractivity contribution is 7.09. The Morgan fingerprint density at radius 1 is 1.06 bits per heavy atom. The Morgan fingerprint density at radius 2 is 1.87 bits per heavy atom. The fourth-order valence-electron chi connectivity index (χ4n) is 3.07. The Kier molecular flexibility index (Phi) is 5.76. The predicted molar refractivity (Wildman–Crippen MR) is 117 cm³/mol. The van der Waals surface area contributed by atoms with Gasteiger partial charge < -0.3 is 15.0 Å². The molecule has 4 aromatic rings. The number of benzene rings is 2. The Balaban J connectivity index is 1.58. The molecule has 0 aliphatic rings. The van der Waals surface area contributed by atoms with E-state index >= 15 is 0 Å². The number of hydrogen-bond acceptors (Lipinski definition) is 6. The molecule has 0 atom stereocenters. The number of H-pyrrole nitrogens is 1. The van der Waals surface area contributed by atoms with Gasteiger partial charge in [0, 0.05) is 16.0 Å². The van der Waals surface area contributed by atoms with Crippen molar-refractivity contribution in [3.63, 3.8) is 0 Å². The maximum atomic E-state index is 13.2. The van der Waals surface area contributed by atoms with Gasteiger partial charge in [0.15, 0.2) is 5.78 Å². The van der Waals surface area contributed by atoms with Crippen LogP contribution in [0.25, 0.3) is 11.0 Å². The van der Waals surface area contributed by atoms with Gasteiger partial charge in [-0.15, -0.1) is 11.3 Å². The zero-order valence-electron chi connectivity index (χ0n) is 16.5. The third-order valence-electron chi connectivity index (χ3n) is 4.57. The van der Waals surface area contributed by atoms with E-state index < -0.39 is 6.09 Å². The Hall–Kier alpha value is -3.98. The van der Waals surface area contributed by atoms with Crippen LogP contribution in [0.15, 0.2) is 60.0 Å². The molecule has 31 heavy (non-hydrogen) atoms. The van der Waals surface area contributed by atoms with E-state index in [0.29, 0.717) is 34.3 Å². The number of ketones is 1. The molecular weight excluding hydrogens is 416 g/mol. The van der Waals surface area contributed by atoms with Crippen molar-refractivity contribution in [1.29, 1.82) is 0 Å². The van der Waals surface area contributed by atoms with Gasteiger partial charge in [0.2, 0.25) is 5.95 Å². The molecule has 2 aromatic heterocycles. The lowest BCUT2D eigenvalue weighted by Gasteiger charge is -2.09. The number of carbonyl (C=O) groups excluding carboxylic acids is 3. The fraction of sp³-hybridized carbons (Fsp3) is 0.0909. The van der Waals surface area contributed by atoms with Crippen molar-refractivity contribution in [3.8, 4) is 0 Å². The van der Waals surface area contributed by atoms with E-state index in [9.17, 15) is 14.4 Å². The first-order chi connectivity index (χ1) is 15.0. The molecule has 0 aliphatic heterocycles. The summed E-state index contributed by atoms with van der Waals surface area (Å²) in [4.78, 5) is 45.4. The molecule has 3 N–H and O–H groups in total. The van der Waals surface area contributed by atoms with Crippen LogP contribution in [0.4, 0.5) is 10.7 Å². The van der Waals surface area contributed by atoms with Crippen molar-refractivity contribution in [2.45, 2.75) is 6.54 Å². The number of nitrogens with zero attached hydrogens (tertiary/aromatic N) is 1. The number of fused-ring (bicyclic) bond motifs is 1. The summed E-state index contributed by atoms with van der Waals surface area (Å²) in [6, 6.07) is 15.5. The van der Waals surface area contributed by atoms with Gasteiger partial charge in [-0.1, -0.05) is 24.3 Å². The van der Waals surface area contributed by atoms with Crippen LogP contribution in [-0.4, -0.2) is 34.9 Å². The van der Waals surface area contributed by atoms with Gasteiger partial charge in [-0.25, -0.2) is 9.78 Å². The van der Waals surface area contributed by atoms with E-state index in [1.165, 1.54) is 7.11 Å². The maximum absolute atomic E-state index is 13.2. The van der Waals surface area contributed by atoms with Crippen molar-refractivity contribution in [3.05, 3.63) is 81.5 Å². The summed E-state index contributed by atoms with van der Waals surface area (Å²) in [5, 5.41) is 7.24. The van der Waals surface area contributed by atoms with Crippen LogP contribution in [0.5, 0.6) is 0 Å². The van der Waals surface area contributed by atoms with E-state index in [0.717, 1.165) is 4.88 Å². The van der Waals surface area contributed by atoms with Crippen LogP contribution in [0.3, 0.4) is 0 Å². The van der Waals surface area contributed by atoms with Crippen LogP contribution in [0, 0.1) is 0 Å². The summed E-state index contributed by atoms with van der Waals surface area (Å²) in [7, 11) is 1.25. The monoisotopic (exact) mass is 434 g/mol. The minimum absolute atomic E-state index is 0.208. The molecule has 0 radical (unpaired) electrons. The van der Waals surface area contributed by atoms with Crippen molar-refractivity contribution >= 4 is 46.1 Å². The number of carbonyl (C=O) groups is 3. The largest absolute Gasteiger partial charge is 0.453 e. The second-order valence-corrected chi connectivity index (χ2v) is 7.60. The third-order valence-corrected chi connectivity index (χ3v) is 5.45. The molecule has 4 rings (SSSR count). The zero-order valence-corrected chi connectivity index (χ0v) is 17.3. The first-order valence-electron chi connectivity index (χ1n) is 9.34. The molecule has 8 nitrogen and oxygen atoms in total. The number of nitrogens with one attached hydrogen (secondary N) is 3. The van der Waals surface area contributed by atoms with Crippen LogP contribution < -0.4 is 10.6 Å². The van der Waals surface area contributed by atoms with Crippen LogP contribution in [-0.2, 0) is 11.3 Å². The number of anilines is 1.